The van der Waals surface area contributed by atoms with Crippen molar-refractivity contribution >= 4 is 11.8 Å². The zero-order valence-corrected chi connectivity index (χ0v) is 9.61. The smallest absolute Gasteiger partial charge is 0.114 e. The molecule has 80 valence electrons. The summed E-state index contributed by atoms with van der Waals surface area (Å²) in [6.07, 6.45) is 3.33. The highest BCUT2D eigenvalue weighted by atomic mass is 32.2. The second-order valence-electron chi connectivity index (χ2n) is 3.27. The molecule has 0 saturated heterocycles. The molecule has 0 aromatic carbocycles. The molecule has 1 rings (SSSR count). The van der Waals surface area contributed by atoms with Gasteiger partial charge in [-0.15, -0.1) is 0 Å². The first-order valence-corrected chi connectivity index (χ1v) is 6.37. The standard InChI is InChI=1S/C11H19NOS/c1-2-10-5-6-11(13-10)9-14-8-4-3-7-12/h5-6H,2-4,7-9,12H2,1H3. The van der Waals surface area contributed by atoms with E-state index in [-0.39, 0.29) is 0 Å². The maximum Gasteiger partial charge on any atom is 0.114 e. The maximum absolute atomic E-state index is 5.59. The Bertz CT molecular complexity index is 247. The Morgan fingerprint density at radius 2 is 2.07 bits per heavy atom. The Kier molecular flexibility index (Phi) is 5.80. The van der Waals surface area contributed by atoms with Gasteiger partial charge in [0, 0.05) is 6.42 Å². The van der Waals surface area contributed by atoms with Crippen molar-refractivity contribution in [2.75, 3.05) is 12.3 Å². The number of furan rings is 1. The molecule has 0 aliphatic rings. The number of rotatable bonds is 7. The minimum absolute atomic E-state index is 0.807. The normalized spacial score (nSPS) is 10.7. The zero-order valence-electron chi connectivity index (χ0n) is 8.79. The molecule has 2 nitrogen and oxygen atoms in total. The molecule has 1 heterocycles. The van der Waals surface area contributed by atoms with Gasteiger partial charge < -0.3 is 10.2 Å². The minimum Gasteiger partial charge on any atom is -0.465 e. The van der Waals surface area contributed by atoms with Crippen LogP contribution in [0.2, 0.25) is 0 Å². The lowest BCUT2D eigenvalue weighted by Crippen LogP contribution is -1.98. The third-order valence-corrected chi connectivity index (χ3v) is 3.12. The first-order chi connectivity index (χ1) is 6.86. The highest BCUT2D eigenvalue weighted by Crippen LogP contribution is 2.16. The second-order valence-corrected chi connectivity index (χ2v) is 4.38. The average molecular weight is 213 g/mol. The van der Waals surface area contributed by atoms with Crippen molar-refractivity contribution in [3.63, 3.8) is 0 Å². The zero-order chi connectivity index (χ0) is 10.2. The number of hydrogen-bond donors (Lipinski definition) is 1. The van der Waals surface area contributed by atoms with Gasteiger partial charge in [-0.25, -0.2) is 0 Å². The van der Waals surface area contributed by atoms with E-state index in [0.717, 1.165) is 36.7 Å². The highest BCUT2D eigenvalue weighted by molar-refractivity contribution is 7.98. The molecule has 0 spiro atoms. The summed E-state index contributed by atoms with van der Waals surface area (Å²) in [5.41, 5.74) is 5.42. The summed E-state index contributed by atoms with van der Waals surface area (Å²) in [5.74, 6) is 4.35. The molecule has 0 saturated carbocycles. The monoisotopic (exact) mass is 213 g/mol. The van der Waals surface area contributed by atoms with Gasteiger partial charge in [0.15, 0.2) is 0 Å². The van der Waals surface area contributed by atoms with E-state index in [0.29, 0.717) is 0 Å². The van der Waals surface area contributed by atoms with Crippen LogP contribution in [0.5, 0.6) is 0 Å². The summed E-state index contributed by atoms with van der Waals surface area (Å²) < 4.78 is 5.59. The van der Waals surface area contributed by atoms with Crippen molar-refractivity contribution in [2.45, 2.75) is 31.9 Å². The van der Waals surface area contributed by atoms with Crippen LogP contribution in [0.25, 0.3) is 0 Å². The van der Waals surface area contributed by atoms with Crippen LogP contribution in [-0.2, 0) is 12.2 Å². The molecule has 0 amide bonds. The van der Waals surface area contributed by atoms with Crippen molar-refractivity contribution in [1.29, 1.82) is 0 Å². The Morgan fingerprint density at radius 3 is 2.71 bits per heavy atom. The van der Waals surface area contributed by atoms with E-state index in [4.69, 9.17) is 10.2 Å². The Hall–Kier alpha value is -0.410. The average Bonchev–Trinajstić information content (AvgIpc) is 2.65. The van der Waals surface area contributed by atoms with Crippen LogP contribution < -0.4 is 5.73 Å². The van der Waals surface area contributed by atoms with E-state index in [1.54, 1.807) is 0 Å². The van der Waals surface area contributed by atoms with Gasteiger partial charge in [-0.2, -0.15) is 11.8 Å². The summed E-state index contributed by atoms with van der Waals surface area (Å²) in [5, 5.41) is 0. The topological polar surface area (TPSA) is 39.2 Å². The van der Waals surface area contributed by atoms with Crippen LogP contribution in [0.15, 0.2) is 16.5 Å². The van der Waals surface area contributed by atoms with Crippen LogP contribution in [-0.4, -0.2) is 12.3 Å². The molecule has 2 N–H and O–H groups in total. The van der Waals surface area contributed by atoms with Gasteiger partial charge in [-0.05, 0) is 37.3 Å². The van der Waals surface area contributed by atoms with E-state index in [2.05, 4.69) is 19.1 Å². The van der Waals surface area contributed by atoms with E-state index in [9.17, 15) is 0 Å². The lowest BCUT2D eigenvalue weighted by molar-refractivity contribution is 0.485. The molecule has 0 bridgehead atoms. The molecule has 0 unspecified atom stereocenters. The van der Waals surface area contributed by atoms with Crippen molar-refractivity contribution in [3.8, 4) is 0 Å². The van der Waals surface area contributed by atoms with Crippen LogP contribution in [0.4, 0.5) is 0 Å². The van der Waals surface area contributed by atoms with E-state index < -0.39 is 0 Å². The number of aryl methyl sites for hydroxylation is 1. The molecule has 0 aliphatic heterocycles. The molecular formula is C11H19NOS. The molecule has 0 fully saturated rings. The van der Waals surface area contributed by atoms with Crippen LogP contribution >= 0.6 is 11.8 Å². The Morgan fingerprint density at radius 1 is 1.29 bits per heavy atom. The van der Waals surface area contributed by atoms with Gasteiger partial charge in [0.1, 0.15) is 11.5 Å². The lowest BCUT2D eigenvalue weighted by Gasteiger charge is -1.98. The summed E-state index contributed by atoms with van der Waals surface area (Å²) in [7, 11) is 0. The van der Waals surface area contributed by atoms with Gasteiger partial charge in [0.25, 0.3) is 0 Å². The van der Waals surface area contributed by atoms with E-state index >= 15 is 0 Å². The quantitative estimate of drug-likeness (QED) is 0.708. The SMILES string of the molecule is CCc1ccc(CSCCCCN)o1. The molecule has 14 heavy (non-hydrogen) atoms. The molecule has 3 heteroatoms. The summed E-state index contributed by atoms with van der Waals surface area (Å²) in [6.45, 7) is 2.91. The predicted molar refractivity (Wildman–Crippen MR) is 62.5 cm³/mol. The largest absolute Gasteiger partial charge is 0.465 e. The van der Waals surface area contributed by atoms with Crippen molar-refractivity contribution in [1.82, 2.24) is 0 Å². The third-order valence-electron chi connectivity index (χ3n) is 2.05. The fourth-order valence-electron chi connectivity index (χ4n) is 1.21. The molecule has 0 atom stereocenters. The van der Waals surface area contributed by atoms with Crippen molar-refractivity contribution in [2.24, 2.45) is 5.73 Å². The van der Waals surface area contributed by atoms with Gasteiger partial charge >= 0.3 is 0 Å². The minimum atomic E-state index is 0.807. The fraction of sp³-hybridized carbons (Fsp3) is 0.636. The molecule has 0 radical (unpaired) electrons. The lowest BCUT2D eigenvalue weighted by atomic mass is 10.3. The van der Waals surface area contributed by atoms with Crippen LogP contribution in [0.3, 0.4) is 0 Å². The Balaban J connectivity index is 2.12. The van der Waals surface area contributed by atoms with Crippen LogP contribution in [0, 0.1) is 0 Å². The summed E-state index contributed by atoms with van der Waals surface area (Å²) >= 11 is 1.92. The van der Waals surface area contributed by atoms with Gasteiger partial charge in [-0.1, -0.05) is 6.92 Å². The number of unbranched alkanes of at least 4 members (excludes halogenated alkanes) is 1. The maximum atomic E-state index is 5.59. The number of thioether (sulfide) groups is 1. The molecule has 1 aromatic rings. The van der Waals surface area contributed by atoms with Gasteiger partial charge in [0.2, 0.25) is 0 Å². The predicted octanol–water partition coefficient (Wildman–Crippen LogP) is 2.81. The van der Waals surface area contributed by atoms with Gasteiger partial charge in [-0.3, -0.25) is 0 Å². The van der Waals surface area contributed by atoms with Crippen molar-refractivity contribution < 1.29 is 4.42 Å². The van der Waals surface area contributed by atoms with Crippen molar-refractivity contribution in [3.05, 3.63) is 23.7 Å². The fourth-order valence-corrected chi connectivity index (χ4v) is 2.12. The summed E-state index contributed by atoms with van der Waals surface area (Å²) in [6, 6.07) is 4.14. The first-order valence-electron chi connectivity index (χ1n) is 5.22. The first kappa shape index (κ1) is 11.7. The molecule has 0 aliphatic carbocycles. The summed E-state index contributed by atoms with van der Waals surface area (Å²) in [4.78, 5) is 0. The van der Waals surface area contributed by atoms with Gasteiger partial charge in [0.05, 0.1) is 5.75 Å². The van der Waals surface area contributed by atoms with E-state index in [1.807, 2.05) is 11.8 Å². The third kappa shape index (κ3) is 4.20. The Labute approximate surface area is 90.2 Å². The van der Waals surface area contributed by atoms with E-state index in [1.165, 1.54) is 12.2 Å². The number of hydrogen-bond acceptors (Lipinski definition) is 3. The highest BCUT2D eigenvalue weighted by Gasteiger charge is 1.99. The molecule has 1 aromatic heterocycles. The molecular weight excluding hydrogens is 194 g/mol. The second kappa shape index (κ2) is 6.96. The number of nitrogens with two attached hydrogens (primary N) is 1. The van der Waals surface area contributed by atoms with Crippen LogP contribution in [0.1, 0.15) is 31.3 Å².